The largest absolute Gasteiger partial charge is 0.477 e. The summed E-state index contributed by atoms with van der Waals surface area (Å²) < 4.78 is 1.33. The highest BCUT2D eigenvalue weighted by atomic mass is 35.5. The van der Waals surface area contributed by atoms with Gasteiger partial charge in [-0.05, 0) is 6.92 Å². The maximum atomic E-state index is 10.7. The lowest BCUT2D eigenvalue weighted by Gasteiger charge is -1.96. The molecule has 0 aliphatic rings. The first-order valence-electron chi connectivity index (χ1n) is 3.39. The molecular formula is C7H9ClN2O2. The molecule has 0 unspecified atom stereocenters. The Morgan fingerprint density at radius 1 is 1.75 bits per heavy atom. The molecule has 0 aliphatic carbocycles. The molecule has 1 heterocycles. The summed E-state index contributed by atoms with van der Waals surface area (Å²) in [6.45, 7) is 1.74. The Morgan fingerprint density at radius 2 is 2.33 bits per heavy atom. The number of hydrogen-bond donors (Lipinski definition) is 1. The van der Waals surface area contributed by atoms with Crippen molar-refractivity contribution in [2.45, 2.75) is 12.8 Å². The molecule has 1 aromatic rings. The van der Waals surface area contributed by atoms with Gasteiger partial charge in [0.1, 0.15) is 0 Å². The van der Waals surface area contributed by atoms with E-state index in [0.29, 0.717) is 11.3 Å². The van der Waals surface area contributed by atoms with Crippen molar-refractivity contribution in [3.8, 4) is 0 Å². The number of aromatic carboxylic acids is 1. The average Bonchev–Trinajstić information content (AvgIpc) is 2.24. The van der Waals surface area contributed by atoms with E-state index in [9.17, 15) is 4.79 Å². The van der Waals surface area contributed by atoms with E-state index in [0.717, 1.165) is 0 Å². The fourth-order valence-corrected chi connectivity index (χ4v) is 1.45. The highest BCUT2D eigenvalue weighted by Gasteiger charge is 2.17. The van der Waals surface area contributed by atoms with Crippen LogP contribution in [0.5, 0.6) is 0 Å². The van der Waals surface area contributed by atoms with Gasteiger partial charge in [-0.2, -0.15) is 5.10 Å². The molecule has 5 heteroatoms. The second-order valence-corrected chi connectivity index (χ2v) is 2.74. The Hall–Kier alpha value is -1.03. The van der Waals surface area contributed by atoms with E-state index >= 15 is 0 Å². The van der Waals surface area contributed by atoms with Gasteiger partial charge >= 0.3 is 5.97 Å². The highest BCUT2D eigenvalue weighted by molar-refractivity contribution is 6.17. The maximum absolute atomic E-state index is 10.7. The molecular weight excluding hydrogens is 180 g/mol. The smallest absolute Gasteiger partial charge is 0.354 e. The van der Waals surface area contributed by atoms with Crippen LogP contribution in [0.25, 0.3) is 0 Å². The number of carboxylic acid groups (broad SMARTS) is 1. The lowest BCUT2D eigenvalue weighted by molar-refractivity contribution is 0.0684. The van der Waals surface area contributed by atoms with Crippen LogP contribution >= 0.6 is 11.6 Å². The molecule has 0 radical (unpaired) electrons. The third-order valence-corrected chi connectivity index (χ3v) is 1.95. The van der Waals surface area contributed by atoms with Gasteiger partial charge < -0.3 is 5.11 Å². The minimum absolute atomic E-state index is 0.169. The third kappa shape index (κ3) is 1.30. The van der Waals surface area contributed by atoms with Crippen LogP contribution in [0, 0.1) is 6.92 Å². The standard InChI is InChI=1S/C7H9ClN2O2/c1-4-5(3-8)6(7(11)12)10(2)9-4/h3H2,1-2H3,(H,11,12). The van der Waals surface area contributed by atoms with Gasteiger partial charge in [-0.25, -0.2) is 4.79 Å². The van der Waals surface area contributed by atoms with Crippen LogP contribution in [0.3, 0.4) is 0 Å². The van der Waals surface area contributed by atoms with Crippen LogP contribution in [-0.2, 0) is 12.9 Å². The van der Waals surface area contributed by atoms with Crippen LogP contribution < -0.4 is 0 Å². The van der Waals surface area contributed by atoms with Gasteiger partial charge in [-0.1, -0.05) is 0 Å². The highest BCUT2D eigenvalue weighted by Crippen LogP contribution is 2.14. The number of aryl methyl sites for hydroxylation is 2. The van der Waals surface area contributed by atoms with Gasteiger partial charge in [0.15, 0.2) is 5.69 Å². The number of alkyl halides is 1. The van der Waals surface area contributed by atoms with Crippen LogP contribution in [-0.4, -0.2) is 20.9 Å². The Balaban J connectivity index is 3.32. The summed E-state index contributed by atoms with van der Waals surface area (Å²) in [5, 5.41) is 12.7. The molecule has 1 N–H and O–H groups in total. The van der Waals surface area contributed by atoms with E-state index in [1.54, 1.807) is 14.0 Å². The van der Waals surface area contributed by atoms with E-state index in [-0.39, 0.29) is 11.6 Å². The number of aromatic nitrogens is 2. The molecule has 0 amide bonds. The summed E-state index contributed by atoms with van der Waals surface area (Å²) in [5.74, 6) is -0.810. The van der Waals surface area contributed by atoms with E-state index in [4.69, 9.17) is 16.7 Å². The quantitative estimate of drug-likeness (QED) is 0.709. The molecule has 12 heavy (non-hydrogen) atoms. The molecule has 1 rings (SSSR count). The molecule has 0 fully saturated rings. The SMILES string of the molecule is Cc1nn(C)c(C(=O)O)c1CCl. The van der Waals surface area contributed by atoms with Gasteiger partial charge in [-0.15, -0.1) is 11.6 Å². The lowest BCUT2D eigenvalue weighted by atomic mass is 10.2. The molecule has 0 saturated carbocycles. The molecule has 4 nitrogen and oxygen atoms in total. The van der Waals surface area contributed by atoms with Crippen LogP contribution in [0.2, 0.25) is 0 Å². The average molecular weight is 189 g/mol. The minimum atomic E-state index is -0.992. The molecule has 66 valence electrons. The molecule has 0 atom stereocenters. The first-order valence-corrected chi connectivity index (χ1v) is 3.93. The van der Waals surface area contributed by atoms with Crippen molar-refractivity contribution in [2.24, 2.45) is 7.05 Å². The Morgan fingerprint density at radius 3 is 2.67 bits per heavy atom. The van der Waals surface area contributed by atoms with E-state index in [1.165, 1.54) is 4.68 Å². The van der Waals surface area contributed by atoms with Crippen molar-refractivity contribution in [1.29, 1.82) is 0 Å². The van der Waals surface area contributed by atoms with Crippen molar-refractivity contribution in [1.82, 2.24) is 9.78 Å². The van der Waals surface area contributed by atoms with Gasteiger partial charge in [0.25, 0.3) is 0 Å². The van der Waals surface area contributed by atoms with Crippen molar-refractivity contribution in [3.63, 3.8) is 0 Å². The summed E-state index contributed by atoms with van der Waals surface area (Å²) >= 11 is 5.58. The van der Waals surface area contributed by atoms with E-state index in [1.807, 2.05) is 0 Å². The Bertz CT molecular complexity index is 319. The topological polar surface area (TPSA) is 55.1 Å². The van der Waals surface area contributed by atoms with Crippen molar-refractivity contribution < 1.29 is 9.90 Å². The first-order chi connectivity index (χ1) is 5.57. The lowest BCUT2D eigenvalue weighted by Crippen LogP contribution is -2.07. The molecule has 0 saturated heterocycles. The second kappa shape index (κ2) is 3.15. The number of hydrogen-bond acceptors (Lipinski definition) is 2. The monoisotopic (exact) mass is 188 g/mol. The molecule has 0 aliphatic heterocycles. The van der Waals surface area contributed by atoms with Gasteiger partial charge in [0.2, 0.25) is 0 Å². The fourth-order valence-electron chi connectivity index (χ4n) is 1.13. The predicted octanol–water partition coefficient (Wildman–Crippen LogP) is 1.17. The second-order valence-electron chi connectivity index (χ2n) is 2.47. The molecule has 0 spiro atoms. The van der Waals surface area contributed by atoms with Gasteiger partial charge in [0, 0.05) is 12.6 Å². The van der Waals surface area contributed by atoms with Gasteiger partial charge in [-0.3, -0.25) is 4.68 Å². The number of nitrogens with zero attached hydrogens (tertiary/aromatic N) is 2. The number of carboxylic acids is 1. The van der Waals surface area contributed by atoms with Crippen LogP contribution in [0.4, 0.5) is 0 Å². The normalized spacial score (nSPS) is 10.2. The zero-order valence-electron chi connectivity index (χ0n) is 6.83. The zero-order valence-corrected chi connectivity index (χ0v) is 7.59. The van der Waals surface area contributed by atoms with Crippen LogP contribution in [0.1, 0.15) is 21.7 Å². The van der Waals surface area contributed by atoms with Crippen molar-refractivity contribution in [3.05, 3.63) is 17.0 Å². The van der Waals surface area contributed by atoms with E-state index in [2.05, 4.69) is 5.10 Å². The Kier molecular flexibility index (Phi) is 2.38. The molecule has 1 aromatic heterocycles. The van der Waals surface area contributed by atoms with Crippen LogP contribution in [0.15, 0.2) is 0 Å². The Labute approximate surface area is 74.8 Å². The maximum Gasteiger partial charge on any atom is 0.354 e. The van der Waals surface area contributed by atoms with Crippen molar-refractivity contribution >= 4 is 17.6 Å². The fraction of sp³-hybridized carbons (Fsp3) is 0.429. The number of halogens is 1. The van der Waals surface area contributed by atoms with Crippen molar-refractivity contribution in [2.75, 3.05) is 0 Å². The summed E-state index contributed by atoms with van der Waals surface area (Å²) in [6, 6.07) is 0. The molecule has 0 bridgehead atoms. The number of carbonyl (C=O) groups is 1. The van der Waals surface area contributed by atoms with E-state index < -0.39 is 5.97 Å². The summed E-state index contributed by atoms with van der Waals surface area (Å²) in [5.41, 5.74) is 1.43. The zero-order chi connectivity index (χ0) is 9.30. The molecule has 0 aromatic carbocycles. The predicted molar refractivity (Wildman–Crippen MR) is 44.5 cm³/mol. The first kappa shape index (κ1) is 9.06. The number of rotatable bonds is 2. The third-order valence-electron chi connectivity index (χ3n) is 1.68. The summed E-state index contributed by atoms with van der Waals surface area (Å²) in [6.07, 6.45) is 0. The minimum Gasteiger partial charge on any atom is -0.477 e. The van der Waals surface area contributed by atoms with Gasteiger partial charge in [0.05, 0.1) is 11.6 Å². The summed E-state index contributed by atoms with van der Waals surface area (Å²) in [7, 11) is 1.59. The summed E-state index contributed by atoms with van der Waals surface area (Å²) in [4.78, 5) is 10.7.